The second-order valence-corrected chi connectivity index (χ2v) is 28.2. The maximum absolute atomic E-state index is 7.08. The molecule has 0 N–H and O–H groups in total. The van der Waals surface area contributed by atoms with Crippen LogP contribution in [-0.4, -0.2) is 17.8 Å². The van der Waals surface area contributed by atoms with Crippen molar-refractivity contribution in [1.29, 1.82) is 0 Å². The quantitative estimate of drug-likeness (QED) is 0.164. The Labute approximate surface area is 486 Å². The lowest BCUT2D eigenvalue weighted by Crippen LogP contribution is -2.61. The van der Waals surface area contributed by atoms with Crippen molar-refractivity contribution in [3.63, 3.8) is 0 Å². The molecule has 4 aliphatic heterocycles. The Morgan fingerprint density at radius 2 is 1.02 bits per heavy atom. The van der Waals surface area contributed by atoms with Gasteiger partial charge < -0.3 is 24.0 Å². The summed E-state index contributed by atoms with van der Waals surface area (Å²) in [6, 6.07) is 68.5. The minimum atomic E-state index is -0.110. The van der Waals surface area contributed by atoms with E-state index >= 15 is 0 Å². The zero-order chi connectivity index (χ0) is 55.4. The Kier molecular flexibility index (Phi) is 9.98. The van der Waals surface area contributed by atoms with Crippen molar-refractivity contribution >= 4 is 133 Å². The predicted octanol–water partition coefficient (Wildman–Crippen LogP) is 19.1. The van der Waals surface area contributed by atoms with Crippen LogP contribution >= 0.6 is 11.3 Å². The van der Waals surface area contributed by atoms with Gasteiger partial charge in [0.2, 0.25) is 0 Å². The number of thiophene rings is 1. The molecular formula is C75H69BN4OS. The first kappa shape index (κ1) is 48.9. The summed E-state index contributed by atoms with van der Waals surface area (Å²) in [5.74, 6) is 0. The maximum Gasteiger partial charge on any atom is 0.252 e. The van der Waals surface area contributed by atoms with Crippen LogP contribution in [0.15, 0.2) is 180 Å². The van der Waals surface area contributed by atoms with Gasteiger partial charge in [-0.1, -0.05) is 157 Å². The molecule has 7 heteroatoms. The van der Waals surface area contributed by atoms with Gasteiger partial charge in [-0.2, -0.15) is 0 Å². The molecule has 4 atom stereocenters. The molecule has 404 valence electrons. The fraction of sp³-hybridized carbons (Fsp3) is 0.280. The number of benzene rings is 9. The van der Waals surface area contributed by atoms with Gasteiger partial charge >= 0.3 is 0 Å². The molecule has 0 saturated heterocycles. The van der Waals surface area contributed by atoms with E-state index in [2.05, 4.69) is 251 Å². The minimum absolute atomic E-state index is 0.00355. The van der Waals surface area contributed by atoms with Gasteiger partial charge in [0.15, 0.2) is 5.58 Å². The number of fused-ring (bicyclic) bond motifs is 16. The van der Waals surface area contributed by atoms with E-state index in [4.69, 9.17) is 4.42 Å². The van der Waals surface area contributed by atoms with Crippen molar-refractivity contribution in [3.8, 4) is 0 Å². The highest BCUT2D eigenvalue weighted by atomic mass is 32.1. The van der Waals surface area contributed by atoms with Crippen LogP contribution in [0, 0.1) is 6.92 Å². The molecular weight excluding hydrogens is 1020 g/mol. The number of furan rings is 1. The summed E-state index contributed by atoms with van der Waals surface area (Å²) in [5, 5.41) is 4.90. The van der Waals surface area contributed by atoms with Crippen molar-refractivity contribution < 1.29 is 4.42 Å². The Morgan fingerprint density at radius 3 is 1.76 bits per heavy atom. The number of para-hydroxylation sites is 3. The number of hydrogen-bond donors (Lipinski definition) is 0. The van der Waals surface area contributed by atoms with Crippen LogP contribution in [0.4, 0.5) is 56.9 Å². The summed E-state index contributed by atoms with van der Waals surface area (Å²) in [4.78, 5) is 10.8. The molecule has 6 aliphatic rings. The highest BCUT2D eigenvalue weighted by molar-refractivity contribution is 7.25. The number of hydrogen-bond acceptors (Lipinski definition) is 6. The molecule has 11 aromatic rings. The molecule has 9 aromatic carbocycles. The van der Waals surface area contributed by atoms with E-state index in [1.807, 2.05) is 11.3 Å². The molecule has 0 bridgehead atoms. The summed E-state index contributed by atoms with van der Waals surface area (Å²) in [6.45, 7) is 19.6. The van der Waals surface area contributed by atoms with E-state index in [1.54, 1.807) is 0 Å². The zero-order valence-electron chi connectivity index (χ0n) is 48.6. The first-order chi connectivity index (χ1) is 39.7. The van der Waals surface area contributed by atoms with Gasteiger partial charge in [0.1, 0.15) is 5.58 Å². The molecule has 0 spiro atoms. The van der Waals surface area contributed by atoms with Crippen molar-refractivity contribution in [3.05, 3.63) is 198 Å². The van der Waals surface area contributed by atoms with Crippen molar-refractivity contribution in [2.24, 2.45) is 0 Å². The van der Waals surface area contributed by atoms with Crippen LogP contribution in [-0.2, 0) is 16.2 Å². The molecule has 82 heavy (non-hydrogen) atoms. The Morgan fingerprint density at radius 1 is 0.451 bits per heavy atom. The van der Waals surface area contributed by atoms with Gasteiger partial charge in [-0.3, -0.25) is 0 Å². The normalized spacial score (nSPS) is 23.3. The highest BCUT2D eigenvalue weighted by Gasteiger charge is 2.59. The molecule has 5 nitrogen and oxygen atoms in total. The highest BCUT2D eigenvalue weighted by Crippen LogP contribution is 2.63. The van der Waals surface area contributed by atoms with Crippen molar-refractivity contribution in [2.45, 2.75) is 134 Å². The van der Waals surface area contributed by atoms with Crippen molar-refractivity contribution in [1.82, 2.24) is 0 Å². The Bertz CT molecular complexity index is 4560. The van der Waals surface area contributed by atoms with E-state index in [-0.39, 0.29) is 34.0 Å². The lowest BCUT2D eigenvalue weighted by atomic mass is 9.33. The second kappa shape index (κ2) is 16.7. The van der Waals surface area contributed by atoms with Crippen LogP contribution in [0.2, 0.25) is 0 Å². The molecule has 2 fully saturated rings. The van der Waals surface area contributed by atoms with E-state index in [0.717, 1.165) is 40.5 Å². The summed E-state index contributed by atoms with van der Waals surface area (Å²) < 4.78 is 9.70. The van der Waals surface area contributed by atoms with E-state index in [1.165, 1.54) is 149 Å². The summed E-state index contributed by atoms with van der Waals surface area (Å²) in [7, 11) is 0. The lowest BCUT2D eigenvalue weighted by Gasteiger charge is -2.51. The molecule has 4 unspecified atom stereocenters. The molecule has 6 heterocycles. The van der Waals surface area contributed by atoms with Gasteiger partial charge in [-0.15, -0.1) is 11.3 Å². The molecule has 17 rings (SSSR count). The standard InChI is InChI=1S/C75H69BN4OS/c1-46-40-64-69-65(41-46)78(61-25-19-22-54-51-20-9-13-26-66(51)81-70(54)61)63-44-50(79-59-24-12-11-23-55(59)72(5)36-15-17-38-74(72,79)7)31-34-58(63)76(69)57-33-30-49(43-62(57)77(64)48-29-32-53-52-21-10-14-27-67(52)82-68(53)45-48)80-60-35-28-47(71(2,3)4)42-56(60)73(6)37-16-18-39-75(73,80)8/h9-14,19-35,40-45H,15-18,36-39H2,1-8H3. The number of nitrogens with zero attached hydrogens (tertiary/aromatic N) is 4. The maximum atomic E-state index is 7.08. The largest absolute Gasteiger partial charge is 0.454 e. The third-order valence-electron chi connectivity index (χ3n) is 21.9. The van der Waals surface area contributed by atoms with Crippen molar-refractivity contribution in [2.75, 3.05) is 19.6 Å². The molecule has 2 saturated carbocycles. The molecule has 2 aliphatic carbocycles. The summed E-state index contributed by atoms with van der Waals surface area (Å²) in [5.41, 5.74) is 23.6. The van der Waals surface area contributed by atoms with E-state index < -0.39 is 0 Å². The van der Waals surface area contributed by atoms with Gasteiger partial charge in [0, 0.05) is 93.0 Å². The Balaban J connectivity index is 0.942. The van der Waals surface area contributed by atoms with Gasteiger partial charge in [-0.25, -0.2) is 0 Å². The smallest absolute Gasteiger partial charge is 0.252 e. The summed E-state index contributed by atoms with van der Waals surface area (Å²) >= 11 is 1.90. The lowest BCUT2D eigenvalue weighted by molar-refractivity contribution is 0.195. The van der Waals surface area contributed by atoms with Crippen LogP contribution in [0.1, 0.15) is 122 Å². The zero-order valence-corrected chi connectivity index (χ0v) is 49.4. The third-order valence-corrected chi connectivity index (χ3v) is 23.1. The monoisotopic (exact) mass is 1080 g/mol. The summed E-state index contributed by atoms with van der Waals surface area (Å²) in [6.07, 6.45) is 9.61. The van der Waals surface area contributed by atoms with Crippen LogP contribution in [0.25, 0.3) is 42.1 Å². The minimum Gasteiger partial charge on any atom is -0.454 e. The first-order valence-corrected chi connectivity index (χ1v) is 31.2. The average molecular weight is 1090 g/mol. The van der Waals surface area contributed by atoms with Crippen LogP contribution in [0.3, 0.4) is 0 Å². The molecule has 0 amide bonds. The fourth-order valence-corrected chi connectivity index (χ4v) is 18.5. The van der Waals surface area contributed by atoms with Gasteiger partial charge in [0.25, 0.3) is 6.71 Å². The SMILES string of the molecule is Cc1cc2c3c(c1)N(c1cccc4c1oc1ccccc14)c1cc(N4c5ccccc5C5(C)CCCCC45C)ccc1B3c1ccc(N3c4ccc(C(C)(C)C)cc4C4(C)CCCCC34C)cc1N2c1ccc2c(c1)sc1ccccc12. The molecule has 0 radical (unpaired) electrons. The topological polar surface area (TPSA) is 26.1 Å². The third kappa shape index (κ3) is 6.31. The Hall–Kier alpha value is -7.74. The average Bonchev–Trinajstić information content (AvgIpc) is 1.51. The predicted molar refractivity (Wildman–Crippen MR) is 350 cm³/mol. The van der Waals surface area contributed by atoms with E-state index in [0.29, 0.717) is 0 Å². The van der Waals surface area contributed by atoms with Gasteiger partial charge in [-0.05, 0) is 169 Å². The molecule has 2 aromatic heterocycles. The first-order valence-electron chi connectivity index (χ1n) is 30.4. The number of rotatable bonds is 4. The van der Waals surface area contributed by atoms with Gasteiger partial charge in [0.05, 0.1) is 16.8 Å². The van der Waals surface area contributed by atoms with Crippen LogP contribution in [0.5, 0.6) is 0 Å². The van der Waals surface area contributed by atoms with Crippen LogP contribution < -0.4 is 36.0 Å². The van der Waals surface area contributed by atoms with E-state index in [9.17, 15) is 0 Å². The fourth-order valence-electron chi connectivity index (χ4n) is 17.4. The second-order valence-electron chi connectivity index (χ2n) is 27.1. The number of aryl methyl sites for hydroxylation is 1. The number of anilines is 10.